The van der Waals surface area contributed by atoms with Crippen molar-refractivity contribution in [1.82, 2.24) is 14.5 Å². The average Bonchev–Trinajstić information content (AvgIpc) is 3.16. The Morgan fingerprint density at radius 2 is 1.70 bits per heavy atom. The molecule has 0 radical (unpaired) electrons. The Balaban J connectivity index is 1.81. The number of hydrogen-bond donors (Lipinski definition) is 0. The molecule has 0 unspecified atom stereocenters. The van der Waals surface area contributed by atoms with E-state index in [9.17, 15) is 4.79 Å². The number of aromatic nitrogens is 2. The minimum Gasteiger partial charge on any atom is -0.493 e. The monoisotopic (exact) mass is 411 g/mol. The number of imidazole rings is 1. The summed E-state index contributed by atoms with van der Waals surface area (Å²) in [6, 6.07) is 11.5. The largest absolute Gasteiger partial charge is 0.493 e. The molecule has 4 rings (SSSR count). The lowest BCUT2D eigenvalue weighted by molar-refractivity contribution is -0.135. The topological polar surface area (TPSA) is 75.1 Å². The first kappa shape index (κ1) is 20.0. The smallest absolute Gasteiger partial charge is 0.242 e. The highest BCUT2D eigenvalue weighted by Crippen LogP contribution is 2.41. The Labute approximate surface area is 174 Å². The SMILES string of the molecule is COc1cc(-c2nc3ccccc3n2CC(=O)N2CCOCC2)cc(OC)c1OC. The van der Waals surface area contributed by atoms with Gasteiger partial charge in [-0.25, -0.2) is 4.98 Å². The Hall–Kier alpha value is -3.26. The predicted molar refractivity (Wildman–Crippen MR) is 112 cm³/mol. The third kappa shape index (κ3) is 3.66. The van der Waals surface area contributed by atoms with E-state index in [0.717, 1.165) is 16.6 Å². The predicted octanol–water partition coefficient (Wildman–Crippen LogP) is 2.59. The molecule has 2 heterocycles. The maximum Gasteiger partial charge on any atom is 0.242 e. The molecule has 0 N–H and O–H groups in total. The second kappa shape index (κ2) is 8.62. The number of carbonyl (C=O) groups is 1. The van der Waals surface area contributed by atoms with Crippen LogP contribution < -0.4 is 14.2 Å². The van der Waals surface area contributed by atoms with Gasteiger partial charge in [-0.05, 0) is 24.3 Å². The van der Waals surface area contributed by atoms with Crippen molar-refractivity contribution in [1.29, 1.82) is 0 Å². The fourth-order valence-electron chi connectivity index (χ4n) is 3.71. The standard InChI is InChI=1S/C22H25N3O5/c1-27-18-12-15(13-19(28-2)21(18)29-3)22-23-16-6-4-5-7-17(16)25(22)14-20(26)24-8-10-30-11-9-24/h4-7,12-13H,8-11,14H2,1-3H3. The Kier molecular flexibility index (Phi) is 5.76. The van der Waals surface area contributed by atoms with Gasteiger partial charge < -0.3 is 28.4 Å². The van der Waals surface area contributed by atoms with Crippen LogP contribution in [0.2, 0.25) is 0 Å². The third-order valence-corrected chi connectivity index (χ3v) is 5.23. The van der Waals surface area contributed by atoms with Gasteiger partial charge in [0.05, 0.1) is 45.6 Å². The van der Waals surface area contributed by atoms with Crippen LogP contribution in [0.15, 0.2) is 36.4 Å². The molecule has 8 nitrogen and oxygen atoms in total. The first-order valence-electron chi connectivity index (χ1n) is 9.77. The van der Waals surface area contributed by atoms with E-state index in [2.05, 4.69) is 0 Å². The molecule has 3 aromatic rings. The molecule has 0 saturated carbocycles. The quantitative estimate of drug-likeness (QED) is 0.621. The highest BCUT2D eigenvalue weighted by Gasteiger charge is 2.22. The van der Waals surface area contributed by atoms with E-state index in [0.29, 0.717) is 49.4 Å². The van der Waals surface area contributed by atoms with Gasteiger partial charge in [0.2, 0.25) is 11.7 Å². The summed E-state index contributed by atoms with van der Waals surface area (Å²) in [6.45, 7) is 2.52. The van der Waals surface area contributed by atoms with Crippen molar-refractivity contribution in [2.45, 2.75) is 6.54 Å². The van der Waals surface area contributed by atoms with Gasteiger partial charge in [0.1, 0.15) is 12.4 Å². The summed E-state index contributed by atoms with van der Waals surface area (Å²) in [5, 5.41) is 0. The number of rotatable bonds is 6. The van der Waals surface area contributed by atoms with Crippen molar-refractivity contribution in [3.8, 4) is 28.6 Å². The van der Waals surface area contributed by atoms with E-state index in [-0.39, 0.29) is 12.5 Å². The Morgan fingerprint density at radius 1 is 1.03 bits per heavy atom. The summed E-state index contributed by atoms with van der Waals surface area (Å²) in [6.07, 6.45) is 0. The molecule has 1 amide bonds. The normalized spacial score (nSPS) is 14.0. The van der Waals surface area contributed by atoms with Crippen LogP contribution in [0.25, 0.3) is 22.4 Å². The number of benzene rings is 2. The number of carbonyl (C=O) groups excluding carboxylic acids is 1. The van der Waals surface area contributed by atoms with E-state index in [4.69, 9.17) is 23.9 Å². The molecule has 1 aliphatic rings. The zero-order valence-corrected chi connectivity index (χ0v) is 17.4. The van der Waals surface area contributed by atoms with Crippen molar-refractivity contribution in [2.75, 3.05) is 47.6 Å². The van der Waals surface area contributed by atoms with E-state index in [1.165, 1.54) is 0 Å². The molecular formula is C22H25N3O5. The van der Waals surface area contributed by atoms with Gasteiger partial charge in [0, 0.05) is 18.7 Å². The minimum absolute atomic E-state index is 0.0372. The molecular weight excluding hydrogens is 386 g/mol. The van der Waals surface area contributed by atoms with Crippen molar-refractivity contribution in [2.24, 2.45) is 0 Å². The number of morpholine rings is 1. The first-order chi connectivity index (χ1) is 14.7. The van der Waals surface area contributed by atoms with Crippen LogP contribution in [-0.4, -0.2) is 68.0 Å². The van der Waals surface area contributed by atoms with Crippen LogP contribution in [0.1, 0.15) is 0 Å². The molecule has 158 valence electrons. The third-order valence-electron chi connectivity index (χ3n) is 5.23. The Bertz CT molecular complexity index is 1030. The van der Waals surface area contributed by atoms with Gasteiger partial charge in [-0.1, -0.05) is 12.1 Å². The van der Waals surface area contributed by atoms with Crippen LogP contribution in [0, 0.1) is 0 Å². The summed E-state index contributed by atoms with van der Waals surface area (Å²) >= 11 is 0. The number of para-hydroxylation sites is 2. The van der Waals surface area contributed by atoms with Crippen molar-refractivity contribution in [3.63, 3.8) is 0 Å². The number of hydrogen-bond acceptors (Lipinski definition) is 6. The van der Waals surface area contributed by atoms with Crippen LogP contribution in [0.5, 0.6) is 17.2 Å². The molecule has 8 heteroatoms. The average molecular weight is 411 g/mol. The number of ether oxygens (including phenoxy) is 4. The minimum atomic E-state index is 0.0372. The molecule has 0 spiro atoms. The highest BCUT2D eigenvalue weighted by molar-refractivity contribution is 5.85. The first-order valence-corrected chi connectivity index (χ1v) is 9.77. The summed E-state index contributed by atoms with van der Waals surface area (Å²) in [5.74, 6) is 2.28. The summed E-state index contributed by atoms with van der Waals surface area (Å²) in [4.78, 5) is 19.6. The van der Waals surface area contributed by atoms with Crippen molar-refractivity contribution >= 4 is 16.9 Å². The molecule has 1 aliphatic heterocycles. The van der Waals surface area contributed by atoms with Gasteiger partial charge in [-0.15, -0.1) is 0 Å². The maximum absolute atomic E-state index is 13.0. The lowest BCUT2D eigenvalue weighted by Crippen LogP contribution is -2.42. The number of fused-ring (bicyclic) bond motifs is 1. The van der Waals surface area contributed by atoms with E-state index < -0.39 is 0 Å². The van der Waals surface area contributed by atoms with Crippen molar-refractivity contribution < 1.29 is 23.7 Å². The molecule has 1 aromatic heterocycles. The molecule has 1 saturated heterocycles. The van der Waals surface area contributed by atoms with Gasteiger partial charge in [-0.2, -0.15) is 0 Å². The lowest BCUT2D eigenvalue weighted by Gasteiger charge is -2.27. The molecule has 0 bridgehead atoms. The van der Waals surface area contributed by atoms with Gasteiger partial charge in [-0.3, -0.25) is 4.79 Å². The molecule has 1 fully saturated rings. The molecule has 30 heavy (non-hydrogen) atoms. The number of methoxy groups -OCH3 is 3. The van der Waals surface area contributed by atoms with E-state index in [1.54, 1.807) is 21.3 Å². The van der Waals surface area contributed by atoms with Gasteiger partial charge in [0.15, 0.2) is 11.5 Å². The summed E-state index contributed by atoms with van der Waals surface area (Å²) < 4.78 is 23.7. The van der Waals surface area contributed by atoms with Crippen LogP contribution in [0.3, 0.4) is 0 Å². The zero-order chi connectivity index (χ0) is 21.1. The van der Waals surface area contributed by atoms with Gasteiger partial charge >= 0.3 is 0 Å². The molecule has 0 aliphatic carbocycles. The molecule has 0 atom stereocenters. The lowest BCUT2D eigenvalue weighted by atomic mass is 10.1. The van der Waals surface area contributed by atoms with Crippen LogP contribution in [-0.2, 0) is 16.1 Å². The summed E-state index contributed by atoms with van der Waals surface area (Å²) in [5.41, 5.74) is 2.48. The molecule has 2 aromatic carbocycles. The van der Waals surface area contributed by atoms with Gasteiger partial charge in [0.25, 0.3) is 0 Å². The van der Waals surface area contributed by atoms with E-state index in [1.807, 2.05) is 45.9 Å². The van der Waals surface area contributed by atoms with E-state index >= 15 is 0 Å². The fraction of sp³-hybridized carbons (Fsp3) is 0.364. The zero-order valence-electron chi connectivity index (χ0n) is 17.4. The second-order valence-electron chi connectivity index (χ2n) is 6.92. The maximum atomic E-state index is 13.0. The summed E-state index contributed by atoms with van der Waals surface area (Å²) in [7, 11) is 4.72. The highest BCUT2D eigenvalue weighted by atomic mass is 16.5. The Morgan fingerprint density at radius 3 is 2.33 bits per heavy atom. The van der Waals surface area contributed by atoms with Crippen LogP contribution >= 0.6 is 0 Å². The van der Waals surface area contributed by atoms with Crippen molar-refractivity contribution in [3.05, 3.63) is 36.4 Å². The fourth-order valence-corrected chi connectivity index (χ4v) is 3.71. The number of nitrogens with zero attached hydrogens (tertiary/aromatic N) is 3. The number of amides is 1. The second-order valence-corrected chi connectivity index (χ2v) is 6.92. The van der Waals surface area contributed by atoms with Crippen LogP contribution in [0.4, 0.5) is 0 Å².